The molecular weight excluding hydrogens is 252 g/mol. The molecule has 1 N–H and O–H groups in total. The van der Waals surface area contributed by atoms with E-state index in [9.17, 15) is 0 Å². The smallest absolute Gasteiger partial charge is 0.138 e. The van der Waals surface area contributed by atoms with E-state index in [1.165, 1.54) is 0 Å². The van der Waals surface area contributed by atoms with E-state index in [0.717, 1.165) is 30.3 Å². The second-order valence-electron chi connectivity index (χ2n) is 5.33. The van der Waals surface area contributed by atoms with Crippen LogP contribution < -0.4 is 5.32 Å². The number of nitrogens with one attached hydrogen (secondary N) is 1. The second kappa shape index (κ2) is 6.56. The van der Waals surface area contributed by atoms with Crippen LogP contribution in [0.5, 0.6) is 0 Å². The zero-order chi connectivity index (χ0) is 14.5. The van der Waals surface area contributed by atoms with Gasteiger partial charge in [-0.15, -0.1) is 0 Å². The lowest BCUT2D eigenvalue weighted by molar-refractivity contribution is 0.449. The van der Waals surface area contributed by atoms with E-state index in [1.807, 2.05) is 24.7 Å². The molecule has 2 aromatic heterocycles. The van der Waals surface area contributed by atoms with Gasteiger partial charge in [0.2, 0.25) is 0 Å². The number of hydrogen-bond donors (Lipinski definition) is 1. The van der Waals surface area contributed by atoms with Gasteiger partial charge in [0.1, 0.15) is 18.0 Å². The van der Waals surface area contributed by atoms with Crippen molar-refractivity contribution in [3.63, 3.8) is 0 Å². The van der Waals surface area contributed by atoms with E-state index in [-0.39, 0.29) is 6.04 Å². The third kappa shape index (κ3) is 3.60. The van der Waals surface area contributed by atoms with Crippen molar-refractivity contribution in [1.82, 2.24) is 30.0 Å². The molecule has 0 aliphatic carbocycles. The quantitative estimate of drug-likeness (QED) is 0.865. The SMILES string of the molecule is CNC(Cc1ncnn1CC(C)C)c1ccnc(C)n1. The van der Waals surface area contributed by atoms with Gasteiger partial charge in [0.05, 0.1) is 11.7 Å². The summed E-state index contributed by atoms with van der Waals surface area (Å²) in [6, 6.07) is 2.06. The monoisotopic (exact) mass is 274 g/mol. The molecule has 2 rings (SSSR count). The maximum absolute atomic E-state index is 4.48. The number of aryl methyl sites for hydroxylation is 1. The Balaban J connectivity index is 2.16. The molecule has 0 aromatic carbocycles. The number of rotatable bonds is 6. The first-order valence-corrected chi connectivity index (χ1v) is 6.93. The van der Waals surface area contributed by atoms with Crippen molar-refractivity contribution in [3.8, 4) is 0 Å². The van der Waals surface area contributed by atoms with Crippen molar-refractivity contribution >= 4 is 0 Å². The Morgan fingerprint density at radius 2 is 2.10 bits per heavy atom. The summed E-state index contributed by atoms with van der Waals surface area (Å²) in [5.74, 6) is 2.31. The van der Waals surface area contributed by atoms with E-state index < -0.39 is 0 Å². The molecule has 0 aliphatic rings. The normalized spacial score (nSPS) is 12.8. The molecule has 0 fully saturated rings. The molecule has 0 aliphatic heterocycles. The standard InChI is InChI=1S/C14H22N6/c1-10(2)8-20-14(17-9-18-20)7-13(15-4)12-5-6-16-11(3)19-12/h5-6,9-10,13,15H,7-8H2,1-4H3. The third-order valence-electron chi connectivity index (χ3n) is 3.12. The van der Waals surface area contributed by atoms with Crippen molar-refractivity contribution < 1.29 is 0 Å². The van der Waals surface area contributed by atoms with Crippen LogP contribution in [0.25, 0.3) is 0 Å². The average molecular weight is 274 g/mol. The zero-order valence-corrected chi connectivity index (χ0v) is 12.5. The molecule has 20 heavy (non-hydrogen) atoms. The van der Waals surface area contributed by atoms with Crippen LogP contribution >= 0.6 is 0 Å². The first-order chi connectivity index (χ1) is 9.60. The van der Waals surface area contributed by atoms with Crippen LogP contribution in [-0.2, 0) is 13.0 Å². The fourth-order valence-corrected chi connectivity index (χ4v) is 2.15. The maximum atomic E-state index is 4.48. The molecule has 0 bridgehead atoms. The summed E-state index contributed by atoms with van der Waals surface area (Å²) in [4.78, 5) is 13.0. The largest absolute Gasteiger partial charge is 0.311 e. The first kappa shape index (κ1) is 14.6. The zero-order valence-electron chi connectivity index (χ0n) is 12.5. The van der Waals surface area contributed by atoms with Crippen LogP contribution in [0, 0.1) is 12.8 Å². The van der Waals surface area contributed by atoms with Crippen LogP contribution in [0.15, 0.2) is 18.6 Å². The Morgan fingerprint density at radius 1 is 1.30 bits per heavy atom. The summed E-state index contributed by atoms with van der Waals surface area (Å²) < 4.78 is 1.98. The van der Waals surface area contributed by atoms with Gasteiger partial charge in [-0.05, 0) is 26.0 Å². The highest BCUT2D eigenvalue weighted by Crippen LogP contribution is 2.15. The summed E-state index contributed by atoms with van der Waals surface area (Å²) in [5, 5.41) is 7.59. The summed E-state index contributed by atoms with van der Waals surface area (Å²) in [6.45, 7) is 7.13. The van der Waals surface area contributed by atoms with Gasteiger partial charge in [-0.1, -0.05) is 13.8 Å². The van der Waals surface area contributed by atoms with Crippen molar-refractivity contribution in [2.75, 3.05) is 7.05 Å². The molecule has 108 valence electrons. The van der Waals surface area contributed by atoms with Crippen LogP contribution in [0.1, 0.15) is 37.2 Å². The predicted octanol–water partition coefficient (Wildman–Crippen LogP) is 1.54. The van der Waals surface area contributed by atoms with Crippen LogP contribution in [0.2, 0.25) is 0 Å². The minimum absolute atomic E-state index is 0.117. The molecule has 1 atom stereocenters. The summed E-state index contributed by atoms with van der Waals surface area (Å²) in [6.07, 6.45) is 4.18. The Kier molecular flexibility index (Phi) is 4.79. The van der Waals surface area contributed by atoms with Crippen molar-refractivity contribution in [2.24, 2.45) is 5.92 Å². The van der Waals surface area contributed by atoms with Gasteiger partial charge in [0.15, 0.2) is 0 Å². The molecule has 0 radical (unpaired) electrons. The van der Waals surface area contributed by atoms with E-state index in [4.69, 9.17) is 0 Å². The molecule has 2 aromatic rings. The number of aromatic nitrogens is 5. The Hall–Kier alpha value is -1.82. The van der Waals surface area contributed by atoms with E-state index in [1.54, 1.807) is 12.5 Å². The highest BCUT2D eigenvalue weighted by molar-refractivity contribution is 5.09. The fraction of sp³-hybridized carbons (Fsp3) is 0.571. The minimum atomic E-state index is 0.117. The van der Waals surface area contributed by atoms with Crippen LogP contribution in [-0.4, -0.2) is 31.8 Å². The summed E-state index contributed by atoms with van der Waals surface area (Å²) >= 11 is 0. The van der Waals surface area contributed by atoms with Crippen molar-refractivity contribution in [2.45, 2.75) is 39.8 Å². The molecule has 6 heteroatoms. The van der Waals surface area contributed by atoms with E-state index >= 15 is 0 Å². The van der Waals surface area contributed by atoms with Gasteiger partial charge in [-0.2, -0.15) is 5.10 Å². The van der Waals surface area contributed by atoms with Gasteiger partial charge in [-0.3, -0.25) is 0 Å². The molecular formula is C14H22N6. The molecule has 2 heterocycles. The Morgan fingerprint density at radius 3 is 2.75 bits per heavy atom. The highest BCUT2D eigenvalue weighted by atomic mass is 15.3. The predicted molar refractivity (Wildman–Crippen MR) is 77.1 cm³/mol. The van der Waals surface area contributed by atoms with Crippen molar-refractivity contribution in [1.29, 1.82) is 0 Å². The van der Waals surface area contributed by atoms with Gasteiger partial charge in [0, 0.05) is 19.2 Å². The maximum Gasteiger partial charge on any atom is 0.138 e. The summed E-state index contributed by atoms with van der Waals surface area (Å²) in [5.41, 5.74) is 0.985. The number of likely N-dealkylation sites (N-methyl/N-ethyl adjacent to an activating group) is 1. The Labute approximate surface area is 119 Å². The average Bonchev–Trinajstić information content (AvgIpc) is 2.82. The topological polar surface area (TPSA) is 68.5 Å². The van der Waals surface area contributed by atoms with Gasteiger partial charge >= 0.3 is 0 Å². The molecule has 6 nitrogen and oxygen atoms in total. The lowest BCUT2D eigenvalue weighted by atomic mass is 10.1. The van der Waals surface area contributed by atoms with Gasteiger partial charge < -0.3 is 5.32 Å². The third-order valence-corrected chi connectivity index (χ3v) is 3.12. The van der Waals surface area contributed by atoms with E-state index in [2.05, 4.69) is 39.2 Å². The highest BCUT2D eigenvalue weighted by Gasteiger charge is 2.16. The first-order valence-electron chi connectivity index (χ1n) is 6.93. The molecule has 1 unspecified atom stereocenters. The van der Waals surface area contributed by atoms with Crippen molar-refractivity contribution in [3.05, 3.63) is 35.9 Å². The lowest BCUT2D eigenvalue weighted by Gasteiger charge is -2.16. The molecule has 0 spiro atoms. The number of hydrogen-bond acceptors (Lipinski definition) is 5. The molecule has 0 saturated heterocycles. The van der Waals surface area contributed by atoms with Gasteiger partial charge in [0.25, 0.3) is 0 Å². The second-order valence-corrected chi connectivity index (χ2v) is 5.33. The fourth-order valence-electron chi connectivity index (χ4n) is 2.15. The lowest BCUT2D eigenvalue weighted by Crippen LogP contribution is -2.23. The summed E-state index contributed by atoms with van der Waals surface area (Å²) in [7, 11) is 1.94. The molecule has 0 amide bonds. The van der Waals surface area contributed by atoms with E-state index in [0.29, 0.717) is 5.92 Å². The molecule has 0 saturated carbocycles. The Bertz CT molecular complexity index is 548. The van der Waals surface area contributed by atoms with Crippen LogP contribution in [0.4, 0.5) is 0 Å². The number of nitrogens with zero attached hydrogens (tertiary/aromatic N) is 5. The van der Waals surface area contributed by atoms with Gasteiger partial charge in [-0.25, -0.2) is 19.6 Å². The van der Waals surface area contributed by atoms with Crippen LogP contribution in [0.3, 0.4) is 0 Å². The minimum Gasteiger partial charge on any atom is -0.311 e.